The van der Waals surface area contributed by atoms with Crippen molar-refractivity contribution in [1.29, 1.82) is 0 Å². The number of benzene rings is 2. The number of ether oxygens (including phenoxy) is 1. The van der Waals surface area contributed by atoms with Gasteiger partial charge in [0.15, 0.2) is 0 Å². The molecule has 0 aliphatic rings. The largest absolute Gasteiger partial charge is 0.439 e. The number of nitrogens with zero attached hydrogens (tertiary/aromatic N) is 4. The van der Waals surface area contributed by atoms with E-state index in [0.717, 1.165) is 25.0 Å². The van der Waals surface area contributed by atoms with Crippen LogP contribution in [0.1, 0.15) is 11.1 Å². The molecular formula is C24H27F3N6O2. The van der Waals surface area contributed by atoms with Gasteiger partial charge in [-0.25, -0.2) is 14.8 Å². The molecule has 2 amide bonds. The van der Waals surface area contributed by atoms with E-state index in [1.165, 1.54) is 25.4 Å². The lowest BCUT2D eigenvalue weighted by atomic mass is 10.1. The Morgan fingerprint density at radius 3 is 2.26 bits per heavy atom. The van der Waals surface area contributed by atoms with Crippen molar-refractivity contribution in [2.75, 3.05) is 49.8 Å². The molecule has 0 radical (unpaired) electrons. The molecule has 2 N–H and O–H groups in total. The lowest BCUT2D eigenvalue weighted by molar-refractivity contribution is -0.138. The van der Waals surface area contributed by atoms with Gasteiger partial charge >= 0.3 is 12.2 Å². The molecule has 2 aromatic carbocycles. The molecule has 0 unspecified atom stereocenters. The normalized spacial score (nSPS) is 11.3. The number of rotatable bonds is 8. The highest BCUT2D eigenvalue weighted by Gasteiger charge is 2.32. The predicted octanol–water partition coefficient (Wildman–Crippen LogP) is 5.24. The lowest BCUT2D eigenvalue weighted by Gasteiger charge is -2.20. The Balaban J connectivity index is 1.59. The van der Waals surface area contributed by atoms with Gasteiger partial charge in [0.1, 0.15) is 17.9 Å². The van der Waals surface area contributed by atoms with E-state index >= 15 is 0 Å². The van der Waals surface area contributed by atoms with Crippen LogP contribution >= 0.6 is 0 Å². The fraction of sp³-hybridized carbons (Fsp3) is 0.292. The number of hydrogen-bond acceptors (Lipinski definition) is 6. The first-order valence-electron chi connectivity index (χ1n) is 10.7. The molecule has 0 spiro atoms. The molecule has 11 heteroatoms. The summed E-state index contributed by atoms with van der Waals surface area (Å²) in [5.41, 5.74) is -0.246. The fourth-order valence-electron chi connectivity index (χ4n) is 3.08. The zero-order valence-electron chi connectivity index (χ0n) is 19.8. The second-order valence-corrected chi connectivity index (χ2v) is 8.17. The van der Waals surface area contributed by atoms with Crippen LogP contribution in [-0.4, -0.2) is 55.1 Å². The van der Waals surface area contributed by atoms with Crippen molar-refractivity contribution < 1.29 is 22.7 Å². The number of nitrogens with one attached hydrogen (secondary N) is 2. The third-order valence-corrected chi connectivity index (χ3v) is 5.04. The van der Waals surface area contributed by atoms with Crippen molar-refractivity contribution in [1.82, 2.24) is 14.9 Å². The zero-order chi connectivity index (χ0) is 25.6. The van der Waals surface area contributed by atoms with Gasteiger partial charge in [-0.1, -0.05) is 6.07 Å². The van der Waals surface area contributed by atoms with Crippen molar-refractivity contribution in [2.24, 2.45) is 0 Å². The Hall–Kier alpha value is -3.86. The van der Waals surface area contributed by atoms with E-state index in [-0.39, 0.29) is 11.3 Å². The number of likely N-dealkylation sites (N-methyl/N-ethyl adjacent to an activating group) is 2. The van der Waals surface area contributed by atoms with Crippen LogP contribution in [0.4, 0.5) is 35.2 Å². The molecule has 0 bridgehead atoms. The number of halogens is 3. The number of carbonyl (C=O) groups is 1. The van der Waals surface area contributed by atoms with Crippen LogP contribution in [0.5, 0.6) is 11.6 Å². The van der Waals surface area contributed by atoms with Gasteiger partial charge in [-0.15, -0.1) is 0 Å². The Labute approximate surface area is 201 Å². The van der Waals surface area contributed by atoms with Crippen LogP contribution in [-0.2, 0) is 6.18 Å². The van der Waals surface area contributed by atoms with E-state index in [4.69, 9.17) is 4.74 Å². The number of alkyl halides is 3. The van der Waals surface area contributed by atoms with Crippen molar-refractivity contribution in [2.45, 2.75) is 13.1 Å². The molecule has 3 aromatic rings. The first-order chi connectivity index (χ1) is 16.5. The molecular weight excluding hydrogens is 461 g/mol. The van der Waals surface area contributed by atoms with E-state index < -0.39 is 17.8 Å². The summed E-state index contributed by atoms with van der Waals surface area (Å²) in [6, 6.07) is 11.2. The molecule has 1 heterocycles. The minimum atomic E-state index is -4.50. The van der Waals surface area contributed by atoms with Crippen LogP contribution < -0.4 is 20.3 Å². The van der Waals surface area contributed by atoms with Gasteiger partial charge in [-0.2, -0.15) is 13.2 Å². The number of hydrogen-bond donors (Lipinski definition) is 2. The van der Waals surface area contributed by atoms with Crippen molar-refractivity contribution in [3.63, 3.8) is 0 Å². The molecule has 186 valence electrons. The minimum absolute atomic E-state index is 0.0375. The zero-order valence-corrected chi connectivity index (χ0v) is 19.8. The number of urea groups is 1. The van der Waals surface area contributed by atoms with Gasteiger partial charge < -0.3 is 25.2 Å². The van der Waals surface area contributed by atoms with E-state index in [1.807, 2.05) is 26.0 Å². The van der Waals surface area contributed by atoms with Gasteiger partial charge in [-0.05, 0) is 63.0 Å². The summed E-state index contributed by atoms with van der Waals surface area (Å²) in [4.78, 5) is 24.7. The third-order valence-electron chi connectivity index (χ3n) is 5.04. The summed E-state index contributed by atoms with van der Waals surface area (Å²) in [6.45, 7) is 3.01. The minimum Gasteiger partial charge on any atom is -0.439 e. The van der Waals surface area contributed by atoms with Crippen molar-refractivity contribution >= 4 is 23.2 Å². The van der Waals surface area contributed by atoms with Crippen LogP contribution in [0.15, 0.2) is 54.9 Å². The average molecular weight is 489 g/mol. The second kappa shape index (κ2) is 11.0. The monoisotopic (exact) mass is 488 g/mol. The summed E-state index contributed by atoms with van der Waals surface area (Å²) < 4.78 is 45.0. The quantitative estimate of drug-likeness (QED) is 0.451. The predicted molar refractivity (Wildman–Crippen MR) is 129 cm³/mol. The van der Waals surface area contributed by atoms with Gasteiger partial charge in [0.25, 0.3) is 0 Å². The standard InChI is InChI=1S/C24H27F3N6O2/c1-16-5-6-18(13-20(16)24(25,26)27)31-23(34)30-17-7-9-19(10-8-17)35-22-14-21(28-15-29-22)33(4)12-11-32(2)3/h5-10,13-15H,11-12H2,1-4H3,(H2,30,31,34). The first kappa shape index (κ1) is 25.8. The molecule has 0 saturated carbocycles. The summed E-state index contributed by atoms with van der Waals surface area (Å²) in [5, 5.41) is 4.99. The van der Waals surface area contributed by atoms with Crippen LogP contribution in [0.25, 0.3) is 0 Å². The van der Waals surface area contributed by atoms with E-state index in [9.17, 15) is 18.0 Å². The summed E-state index contributed by atoms with van der Waals surface area (Å²) in [6.07, 6.45) is -3.08. The van der Waals surface area contributed by atoms with Crippen molar-refractivity contribution in [3.05, 3.63) is 66.0 Å². The van der Waals surface area contributed by atoms with Crippen molar-refractivity contribution in [3.8, 4) is 11.6 Å². The van der Waals surface area contributed by atoms with E-state index in [1.54, 1.807) is 30.3 Å². The number of aryl methyl sites for hydroxylation is 1. The molecule has 1 aromatic heterocycles. The molecule has 0 fully saturated rings. The average Bonchev–Trinajstić information content (AvgIpc) is 2.79. The summed E-state index contributed by atoms with van der Waals surface area (Å²) in [7, 11) is 5.93. The topological polar surface area (TPSA) is 82.6 Å². The Morgan fingerprint density at radius 1 is 0.943 bits per heavy atom. The molecule has 0 saturated heterocycles. The van der Waals surface area contributed by atoms with Crippen LogP contribution in [0, 0.1) is 6.92 Å². The highest BCUT2D eigenvalue weighted by atomic mass is 19.4. The number of carbonyl (C=O) groups excluding carboxylic acids is 1. The highest BCUT2D eigenvalue weighted by molar-refractivity contribution is 5.99. The molecule has 8 nitrogen and oxygen atoms in total. The molecule has 0 atom stereocenters. The summed E-state index contributed by atoms with van der Waals surface area (Å²) in [5.74, 6) is 1.58. The Morgan fingerprint density at radius 2 is 1.60 bits per heavy atom. The lowest BCUT2D eigenvalue weighted by Crippen LogP contribution is -2.29. The van der Waals surface area contributed by atoms with Crippen LogP contribution in [0.2, 0.25) is 0 Å². The maximum absolute atomic E-state index is 13.1. The Bertz CT molecular complexity index is 1150. The molecule has 0 aliphatic carbocycles. The number of amides is 2. The molecule has 35 heavy (non-hydrogen) atoms. The smallest absolute Gasteiger partial charge is 0.416 e. The number of anilines is 3. The third kappa shape index (κ3) is 7.57. The van der Waals surface area contributed by atoms with Gasteiger partial charge in [0, 0.05) is 37.6 Å². The summed E-state index contributed by atoms with van der Waals surface area (Å²) >= 11 is 0. The van der Waals surface area contributed by atoms with E-state index in [0.29, 0.717) is 17.3 Å². The SMILES string of the molecule is Cc1ccc(NC(=O)Nc2ccc(Oc3cc(N(C)CCN(C)C)ncn3)cc2)cc1C(F)(F)F. The van der Waals surface area contributed by atoms with Gasteiger partial charge in [0.2, 0.25) is 5.88 Å². The van der Waals surface area contributed by atoms with Gasteiger partial charge in [0.05, 0.1) is 5.56 Å². The molecule has 0 aliphatic heterocycles. The fourth-order valence-corrected chi connectivity index (χ4v) is 3.08. The maximum Gasteiger partial charge on any atom is 0.416 e. The Kier molecular flexibility index (Phi) is 8.13. The first-order valence-corrected chi connectivity index (χ1v) is 10.7. The number of aromatic nitrogens is 2. The van der Waals surface area contributed by atoms with Gasteiger partial charge in [-0.3, -0.25) is 0 Å². The van der Waals surface area contributed by atoms with E-state index in [2.05, 4.69) is 25.5 Å². The maximum atomic E-state index is 13.1. The van der Waals surface area contributed by atoms with Crippen LogP contribution in [0.3, 0.4) is 0 Å². The highest BCUT2D eigenvalue weighted by Crippen LogP contribution is 2.33. The second-order valence-electron chi connectivity index (χ2n) is 8.17. The molecule has 3 rings (SSSR count).